The lowest BCUT2D eigenvalue weighted by Crippen LogP contribution is -2.28. The molecule has 0 aliphatic carbocycles. The van der Waals surface area contributed by atoms with Gasteiger partial charge in [-0.2, -0.15) is 5.26 Å². The number of carbonyl (C=O) groups is 1. The average molecular weight is 299 g/mol. The summed E-state index contributed by atoms with van der Waals surface area (Å²) in [7, 11) is 0. The Morgan fingerprint density at radius 1 is 1.27 bits per heavy atom. The summed E-state index contributed by atoms with van der Waals surface area (Å²) in [6.07, 6.45) is 3.29. The molecule has 0 saturated heterocycles. The Kier molecular flexibility index (Phi) is 7.18. The summed E-state index contributed by atoms with van der Waals surface area (Å²) in [4.78, 5) is 12.0. The Morgan fingerprint density at radius 2 is 1.86 bits per heavy atom. The number of hydrogen-bond donors (Lipinski definition) is 2. The summed E-state index contributed by atoms with van der Waals surface area (Å²) in [5.41, 5.74) is 3.44. The van der Waals surface area contributed by atoms with Gasteiger partial charge in [0.15, 0.2) is 0 Å². The number of nitrogens with zero attached hydrogens (tertiary/aromatic N) is 1. The van der Waals surface area contributed by atoms with Crippen molar-refractivity contribution in [2.45, 2.75) is 40.5 Å². The van der Waals surface area contributed by atoms with Gasteiger partial charge in [0.25, 0.3) is 5.91 Å². The molecule has 1 rings (SSSR count). The summed E-state index contributed by atoms with van der Waals surface area (Å²) in [6.45, 7) is 8.76. The minimum atomic E-state index is -0.337. The van der Waals surface area contributed by atoms with Gasteiger partial charge in [0.2, 0.25) is 0 Å². The van der Waals surface area contributed by atoms with Crippen molar-refractivity contribution in [3.63, 3.8) is 0 Å². The van der Waals surface area contributed by atoms with Crippen LogP contribution in [-0.4, -0.2) is 12.5 Å². The summed E-state index contributed by atoms with van der Waals surface area (Å²) in [5.74, 6) is 0.0140. The van der Waals surface area contributed by atoms with Gasteiger partial charge in [0.05, 0.1) is 0 Å². The Labute approximate surface area is 133 Å². The molecule has 0 aliphatic rings. The molecule has 1 amide bonds. The molecule has 0 aromatic heterocycles. The molecule has 0 spiro atoms. The fraction of sp³-hybridized carbons (Fsp3) is 0.444. The number of rotatable bonds is 7. The minimum Gasteiger partial charge on any atom is -0.360 e. The van der Waals surface area contributed by atoms with Crippen LogP contribution in [0, 0.1) is 17.2 Å². The number of nitriles is 1. The maximum Gasteiger partial charge on any atom is 0.263 e. The van der Waals surface area contributed by atoms with Gasteiger partial charge in [-0.1, -0.05) is 45.9 Å². The molecule has 22 heavy (non-hydrogen) atoms. The van der Waals surface area contributed by atoms with Crippen LogP contribution in [-0.2, 0) is 17.6 Å². The van der Waals surface area contributed by atoms with E-state index in [9.17, 15) is 10.1 Å². The summed E-state index contributed by atoms with van der Waals surface area (Å²) >= 11 is 0. The van der Waals surface area contributed by atoms with Crippen LogP contribution in [0.4, 0.5) is 5.69 Å². The van der Waals surface area contributed by atoms with E-state index in [1.807, 2.05) is 26.0 Å². The van der Waals surface area contributed by atoms with Crippen LogP contribution in [0.25, 0.3) is 0 Å². The molecule has 0 bridgehead atoms. The van der Waals surface area contributed by atoms with Gasteiger partial charge in [0, 0.05) is 18.4 Å². The van der Waals surface area contributed by atoms with Gasteiger partial charge >= 0.3 is 0 Å². The molecule has 0 heterocycles. The van der Waals surface area contributed by atoms with Gasteiger partial charge < -0.3 is 10.6 Å². The highest BCUT2D eigenvalue weighted by molar-refractivity contribution is 5.97. The Morgan fingerprint density at radius 3 is 2.32 bits per heavy atom. The molecule has 118 valence electrons. The van der Waals surface area contributed by atoms with Crippen LogP contribution in [0.3, 0.4) is 0 Å². The number of hydrogen-bond acceptors (Lipinski definition) is 3. The first-order valence-electron chi connectivity index (χ1n) is 7.79. The lowest BCUT2D eigenvalue weighted by atomic mass is 10.0. The van der Waals surface area contributed by atoms with E-state index in [0.29, 0.717) is 12.5 Å². The number of nitrogens with one attached hydrogen (secondary N) is 2. The average Bonchev–Trinajstić information content (AvgIpc) is 2.53. The topological polar surface area (TPSA) is 64.9 Å². The van der Waals surface area contributed by atoms with Crippen molar-refractivity contribution in [3.05, 3.63) is 41.1 Å². The zero-order chi connectivity index (χ0) is 16.5. The highest BCUT2D eigenvalue weighted by atomic mass is 16.1. The van der Waals surface area contributed by atoms with E-state index in [1.165, 1.54) is 17.3 Å². The van der Waals surface area contributed by atoms with E-state index in [4.69, 9.17) is 0 Å². The number of anilines is 1. The fourth-order valence-electron chi connectivity index (χ4n) is 2.11. The number of benzene rings is 1. The van der Waals surface area contributed by atoms with E-state index >= 15 is 0 Å². The van der Waals surface area contributed by atoms with Gasteiger partial charge in [0.1, 0.15) is 11.6 Å². The molecular weight excluding hydrogens is 274 g/mol. The maximum atomic E-state index is 12.0. The number of aryl methyl sites for hydroxylation is 2. The smallest absolute Gasteiger partial charge is 0.263 e. The van der Waals surface area contributed by atoms with E-state index in [-0.39, 0.29) is 11.5 Å². The second kappa shape index (κ2) is 8.89. The largest absolute Gasteiger partial charge is 0.360 e. The summed E-state index contributed by atoms with van der Waals surface area (Å²) in [5, 5.41) is 15.1. The van der Waals surface area contributed by atoms with Crippen LogP contribution in [0.1, 0.15) is 38.8 Å². The van der Waals surface area contributed by atoms with E-state index in [1.54, 1.807) is 0 Å². The minimum absolute atomic E-state index is 0.0913. The third kappa shape index (κ3) is 4.92. The first-order chi connectivity index (χ1) is 10.5. The molecule has 0 radical (unpaired) electrons. The Balaban J connectivity index is 2.94. The van der Waals surface area contributed by atoms with E-state index < -0.39 is 0 Å². The van der Waals surface area contributed by atoms with Crippen LogP contribution < -0.4 is 10.6 Å². The van der Waals surface area contributed by atoms with Crippen molar-refractivity contribution in [2.24, 2.45) is 5.92 Å². The third-order valence-electron chi connectivity index (χ3n) is 3.40. The predicted octanol–water partition coefficient (Wildman–Crippen LogP) is 3.40. The molecule has 0 saturated carbocycles. The van der Waals surface area contributed by atoms with Crippen molar-refractivity contribution < 1.29 is 4.79 Å². The molecule has 4 heteroatoms. The lowest BCUT2D eigenvalue weighted by molar-refractivity contribution is -0.117. The quantitative estimate of drug-likeness (QED) is 0.599. The SMILES string of the molecule is CCc1cccc(CC)c1N/C=C(/C#N)C(=O)NCC(C)C. The third-order valence-corrected chi connectivity index (χ3v) is 3.40. The molecule has 0 unspecified atom stereocenters. The van der Waals surface area contributed by atoms with Crippen molar-refractivity contribution in [3.8, 4) is 6.07 Å². The molecule has 4 nitrogen and oxygen atoms in total. The highest BCUT2D eigenvalue weighted by Crippen LogP contribution is 2.22. The normalized spacial score (nSPS) is 11.2. The number of para-hydroxylation sites is 1. The molecule has 1 aromatic rings. The molecular formula is C18H25N3O. The van der Waals surface area contributed by atoms with Gasteiger partial charge in [-0.05, 0) is 29.9 Å². The predicted molar refractivity (Wildman–Crippen MR) is 90.4 cm³/mol. The molecule has 1 aromatic carbocycles. The lowest BCUT2D eigenvalue weighted by Gasteiger charge is -2.13. The number of carbonyl (C=O) groups excluding carboxylic acids is 1. The summed E-state index contributed by atoms with van der Waals surface area (Å²) < 4.78 is 0. The summed E-state index contributed by atoms with van der Waals surface area (Å²) in [6, 6.07) is 8.10. The van der Waals surface area contributed by atoms with Crippen LogP contribution in [0.5, 0.6) is 0 Å². The second-order valence-electron chi connectivity index (χ2n) is 5.58. The Hall–Kier alpha value is -2.28. The Bertz CT molecular complexity index is 560. The van der Waals surface area contributed by atoms with Crippen molar-refractivity contribution in [1.29, 1.82) is 5.26 Å². The van der Waals surface area contributed by atoms with Crippen LogP contribution in [0.2, 0.25) is 0 Å². The van der Waals surface area contributed by atoms with Gasteiger partial charge in [-0.15, -0.1) is 0 Å². The second-order valence-corrected chi connectivity index (χ2v) is 5.58. The van der Waals surface area contributed by atoms with Crippen molar-refractivity contribution in [1.82, 2.24) is 5.32 Å². The van der Waals surface area contributed by atoms with Gasteiger partial charge in [-0.3, -0.25) is 4.79 Å². The first kappa shape index (κ1) is 17.8. The standard InChI is InChI=1S/C18H25N3O/c1-5-14-8-7-9-15(6-2)17(14)20-12-16(10-19)18(22)21-11-13(3)4/h7-9,12-13,20H,5-6,11H2,1-4H3,(H,21,22)/b16-12-. The van der Waals surface area contributed by atoms with Crippen molar-refractivity contribution in [2.75, 3.05) is 11.9 Å². The van der Waals surface area contributed by atoms with E-state index in [2.05, 4.69) is 36.6 Å². The van der Waals surface area contributed by atoms with Crippen LogP contribution >= 0.6 is 0 Å². The molecule has 0 fully saturated rings. The highest BCUT2D eigenvalue weighted by Gasteiger charge is 2.10. The zero-order valence-corrected chi connectivity index (χ0v) is 13.9. The zero-order valence-electron chi connectivity index (χ0n) is 13.9. The monoisotopic (exact) mass is 299 g/mol. The number of amides is 1. The first-order valence-corrected chi connectivity index (χ1v) is 7.79. The fourth-order valence-corrected chi connectivity index (χ4v) is 2.11. The molecule has 0 aliphatic heterocycles. The van der Waals surface area contributed by atoms with Crippen molar-refractivity contribution >= 4 is 11.6 Å². The maximum absolute atomic E-state index is 12.0. The molecule has 0 atom stereocenters. The molecule has 2 N–H and O–H groups in total. The van der Waals surface area contributed by atoms with Crippen LogP contribution in [0.15, 0.2) is 30.0 Å². The van der Waals surface area contributed by atoms with Gasteiger partial charge in [-0.25, -0.2) is 0 Å². The van der Waals surface area contributed by atoms with E-state index in [0.717, 1.165) is 18.5 Å².